The third kappa shape index (κ3) is 3.55. The van der Waals surface area contributed by atoms with Gasteiger partial charge in [0, 0.05) is 18.3 Å². The first-order chi connectivity index (χ1) is 6.84. The van der Waals surface area contributed by atoms with Gasteiger partial charge in [-0.05, 0) is 17.3 Å². The highest BCUT2D eigenvalue weighted by Gasteiger charge is 1.97. The molecule has 6 heteroatoms. The Morgan fingerprint density at radius 3 is 2.93 bits per heavy atom. The number of phenols is 1. The standard InChI is InChI=1S/C8H9NO4S/c1-14-13-12-9-6-11-8-5-3-2-4-7(8)10/h2-6,10H,1H3. The van der Waals surface area contributed by atoms with Gasteiger partial charge >= 0.3 is 0 Å². The average molecular weight is 215 g/mol. The monoisotopic (exact) mass is 215 g/mol. The first-order valence-corrected chi connectivity index (χ1v) is 4.82. The van der Waals surface area contributed by atoms with Crippen LogP contribution in [-0.2, 0) is 9.32 Å². The number of oxime groups is 1. The summed E-state index contributed by atoms with van der Waals surface area (Å²) in [4.78, 5) is 4.27. The molecule has 0 aliphatic carbocycles. The van der Waals surface area contributed by atoms with Crippen molar-refractivity contribution in [3.63, 3.8) is 0 Å². The Bertz CT molecular complexity index is 305. The molecule has 0 atom stereocenters. The minimum Gasteiger partial charge on any atom is -0.504 e. The van der Waals surface area contributed by atoms with E-state index in [9.17, 15) is 5.11 Å². The van der Waals surface area contributed by atoms with Crippen LogP contribution in [0.5, 0.6) is 11.5 Å². The summed E-state index contributed by atoms with van der Waals surface area (Å²) in [6, 6.07) is 6.51. The molecule has 0 unspecified atom stereocenters. The van der Waals surface area contributed by atoms with E-state index in [0.717, 1.165) is 18.4 Å². The number of hydrogen-bond acceptors (Lipinski definition) is 6. The molecule has 0 amide bonds. The molecule has 5 nitrogen and oxygen atoms in total. The normalized spacial score (nSPS) is 10.4. The van der Waals surface area contributed by atoms with Crippen molar-refractivity contribution in [1.29, 1.82) is 0 Å². The number of para-hydroxylation sites is 2. The molecule has 0 aromatic heterocycles. The number of nitrogens with zero attached hydrogens (tertiary/aromatic N) is 1. The zero-order chi connectivity index (χ0) is 10.2. The first kappa shape index (κ1) is 10.7. The second-order valence-corrected chi connectivity index (χ2v) is 2.58. The van der Waals surface area contributed by atoms with Crippen LogP contribution in [0.15, 0.2) is 29.4 Å². The number of rotatable bonds is 5. The van der Waals surface area contributed by atoms with Crippen LogP contribution in [0.2, 0.25) is 0 Å². The van der Waals surface area contributed by atoms with Crippen molar-refractivity contribution in [3.8, 4) is 11.5 Å². The molecule has 1 rings (SSSR count). The highest BCUT2D eigenvalue weighted by Crippen LogP contribution is 2.23. The molecular formula is C8H9NO4S. The minimum absolute atomic E-state index is 0.0322. The van der Waals surface area contributed by atoms with E-state index >= 15 is 0 Å². The summed E-state index contributed by atoms with van der Waals surface area (Å²) >= 11 is 1.01. The topological polar surface area (TPSA) is 60.3 Å². The van der Waals surface area contributed by atoms with E-state index < -0.39 is 0 Å². The Morgan fingerprint density at radius 2 is 2.21 bits per heavy atom. The zero-order valence-corrected chi connectivity index (χ0v) is 8.23. The maximum atomic E-state index is 9.25. The molecule has 14 heavy (non-hydrogen) atoms. The van der Waals surface area contributed by atoms with Crippen molar-refractivity contribution in [2.75, 3.05) is 6.26 Å². The zero-order valence-electron chi connectivity index (χ0n) is 7.41. The van der Waals surface area contributed by atoms with E-state index in [2.05, 4.69) is 14.5 Å². The van der Waals surface area contributed by atoms with Crippen LogP contribution in [0.1, 0.15) is 0 Å². The second kappa shape index (κ2) is 6.11. The van der Waals surface area contributed by atoms with Crippen LogP contribution in [0.4, 0.5) is 0 Å². The lowest BCUT2D eigenvalue weighted by atomic mass is 10.3. The van der Waals surface area contributed by atoms with E-state index in [1.807, 2.05) is 0 Å². The Labute approximate surface area is 85.4 Å². The highest BCUT2D eigenvalue weighted by molar-refractivity contribution is 7.93. The van der Waals surface area contributed by atoms with E-state index in [0.29, 0.717) is 5.75 Å². The van der Waals surface area contributed by atoms with E-state index in [1.165, 1.54) is 6.07 Å². The molecule has 0 spiro atoms. The molecule has 0 saturated carbocycles. The molecule has 0 aliphatic rings. The number of phenolic OH excluding ortho intramolecular Hbond substituents is 1. The van der Waals surface area contributed by atoms with Crippen LogP contribution in [-0.4, -0.2) is 17.8 Å². The predicted molar refractivity (Wildman–Crippen MR) is 52.9 cm³/mol. The molecule has 0 bridgehead atoms. The molecule has 0 heterocycles. The van der Waals surface area contributed by atoms with Crippen molar-refractivity contribution < 1.29 is 19.2 Å². The second-order valence-electron chi connectivity index (χ2n) is 2.11. The van der Waals surface area contributed by atoms with E-state index in [1.54, 1.807) is 24.5 Å². The van der Waals surface area contributed by atoms with Crippen LogP contribution in [0.25, 0.3) is 0 Å². The third-order valence-corrected chi connectivity index (χ3v) is 1.43. The molecular weight excluding hydrogens is 206 g/mol. The summed E-state index contributed by atoms with van der Waals surface area (Å²) in [6.45, 7) is 0. The Hall–Kier alpha value is -1.40. The van der Waals surface area contributed by atoms with Crippen LogP contribution in [0.3, 0.4) is 0 Å². The molecule has 1 aromatic rings. The maximum absolute atomic E-state index is 9.25. The van der Waals surface area contributed by atoms with Gasteiger partial charge in [-0.15, -0.1) is 0 Å². The summed E-state index contributed by atoms with van der Waals surface area (Å²) in [5, 5.41) is 12.5. The summed E-state index contributed by atoms with van der Waals surface area (Å²) in [5.74, 6) is 0.328. The lowest BCUT2D eigenvalue weighted by molar-refractivity contribution is -0.190. The summed E-state index contributed by atoms with van der Waals surface area (Å²) < 4.78 is 9.31. The Balaban J connectivity index is 2.38. The SMILES string of the molecule is CSOON=COc1ccccc1O. The number of ether oxygens (including phenoxy) is 1. The van der Waals surface area contributed by atoms with Gasteiger partial charge in [-0.3, -0.25) is 0 Å². The van der Waals surface area contributed by atoms with Gasteiger partial charge in [0.15, 0.2) is 11.5 Å². The predicted octanol–water partition coefficient (Wildman–Crippen LogP) is 1.94. The fourth-order valence-corrected chi connectivity index (χ4v) is 0.797. The van der Waals surface area contributed by atoms with Crippen molar-refractivity contribution in [2.24, 2.45) is 5.16 Å². The lowest BCUT2D eigenvalue weighted by Gasteiger charge is -2.00. The molecule has 0 aliphatic heterocycles. The Morgan fingerprint density at radius 1 is 1.43 bits per heavy atom. The van der Waals surface area contributed by atoms with E-state index in [4.69, 9.17) is 4.74 Å². The van der Waals surface area contributed by atoms with Crippen LogP contribution >= 0.6 is 12.0 Å². The maximum Gasteiger partial charge on any atom is 0.222 e. The third-order valence-electron chi connectivity index (χ3n) is 1.23. The van der Waals surface area contributed by atoms with Gasteiger partial charge in [0.1, 0.15) is 0 Å². The van der Waals surface area contributed by atoms with Gasteiger partial charge < -0.3 is 9.84 Å². The van der Waals surface area contributed by atoms with Gasteiger partial charge in [0.2, 0.25) is 6.40 Å². The largest absolute Gasteiger partial charge is 0.504 e. The fourth-order valence-electron chi connectivity index (χ4n) is 0.701. The van der Waals surface area contributed by atoms with E-state index in [-0.39, 0.29) is 5.75 Å². The quantitative estimate of drug-likeness (QED) is 0.203. The molecule has 0 saturated heterocycles. The summed E-state index contributed by atoms with van der Waals surface area (Å²) in [6.07, 6.45) is 2.70. The van der Waals surface area contributed by atoms with Crippen LogP contribution < -0.4 is 4.74 Å². The first-order valence-electron chi connectivity index (χ1n) is 3.67. The van der Waals surface area contributed by atoms with Gasteiger partial charge in [0.25, 0.3) is 0 Å². The van der Waals surface area contributed by atoms with Gasteiger partial charge in [-0.25, -0.2) is 4.99 Å². The Kier molecular flexibility index (Phi) is 4.66. The van der Waals surface area contributed by atoms with Gasteiger partial charge in [0.05, 0.1) is 0 Å². The summed E-state index contributed by atoms with van der Waals surface area (Å²) in [5.41, 5.74) is 0. The van der Waals surface area contributed by atoms with Gasteiger partial charge in [-0.2, -0.15) is 0 Å². The molecule has 0 radical (unpaired) electrons. The number of hydrogen-bond donors (Lipinski definition) is 1. The number of aromatic hydroxyl groups is 1. The van der Waals surface area contributed by atoms with Crippen molar-refractivity contribution in [2.45, 2.75) is 0 Å². The summed E-state index contributed by atoms with van der Waals surface area (Å²) in [7, 11) is 0. The van der Waals surface area contributed by atoms with Crippen molar-refractivity contribution >= 4 is 18.4 Å². The fraction of sp³-hybridized carbons (Fsp3) is 0.125. The number of benzene rings is 1. The van der Waals surface area contributed by atoms with Crippen LogP contribution in [0, 0.1) is 0 Å². The van der Waals surface area contributed by atoms with Crippen molar-refractivity contribution in [3.05, 3.63) is 24.3 Å². The van der Waals surface area contributed by atoms with Gasteiger partial charge in [-0.1, -0.05) is 16.5 Å². The average Bonchev–Trinajstić information content (AvgIpc) is 2.20. The highest BCUT2D eigenvalue weighted by atomic mass is 32.2. The smallest absolute Gasteiger partial charge is 0.222 e. The van der Waals surface area contributed by atoms with Crippen molar-refractivity contribution in [1.82, 2.24) is 0 Å². The molecule has 1 N–H and O–H groups in total. The minimum atomic E-state index is 0.0322. The molecule has 1 aromatic carbocycles. The molecule has 0 fully saturated rings. The molecule has 76 valence electrons. The lowest BCUT2D eigenvalue weighted by Crippen LogP contribution is -1.90.